The number of aromatic amines is 1. The molecule has 1 aliphatic heterocycles. The van der Waals surface area contributed by atoms with Crippen molar-refractivity contribution in [2.24, 2.45) is 0 Å². The van der Waals surface area contributed by atoms with Crippen molar-refractivity contribution in [3.63, 3.8) is 0 Å². The first-order chi connectivity index (χ1) is 13.8. The van der Waals surface area contributed by atoms with Gasteiger partial charge in [0, 0.05) is 0 Å². The van der Waals surface area contributed by atoms with E-state index in [1.807, 2.05) is 18.2 Å². The maximum Gasteiger partial charge on any atom is 0.409 e. The van der Waals surface area contributed by atoms with Gasteiger partial charge >= 0.3 is 6.18 Å². The molecular weight excluding hydrogens is 405 g/mol. The number of fused-ring (bicyclic) bond motifs is 2. The van der Waals surface area contributed by atoms with E-state index in [0.717, 1.165) is 17.3 Å². The standard InChI is InChI=1S/C19H15F3N4O2S/c20-19(21,22)15-9-16(27)23-13-7-3-4-8-14(13)26(15)17(28)10-29-18-24-11-5-1-2-6-12(11)25-18/h1-8,15H,9-10H2,(H,23,27)(H,24,25)/t15-/m1/s1. The van der Waals surface area contributed by atoms with E-state index in [0.29, 0.717) is 15.6 Å². The Labute approximate surface area is 167 Å². The number of H-pyrrole nitrogens is 1. The lowest BCUT2D eigenvalue weighted by molar-refractivity contribution is -0.157. The Morgan fingerprint density at radius 3 is 2.66 bits per heavy atom. The van der Waals surface area contributed by atoms with Gasteiger partial charge in [-0.25, -0.2) is 4.98 Å². The molecule has 0 spiro atoms. The van der Waals surface area contributed by atoms with Gasteiger partial charge in [-0.3, -0.25) is 14.5 Å². The summed E-state index contributed by atoms with van der Waals surface area (Å²) in [4.78, 5) is 32.9. The predicted octanol–water partition coefficient (Wildman–Crippen LogP) is 3.96. The van der Waals surface area contributed by atoms with Crippen molar-refractivity contribution in [2.45, 2.75) is 23.8 Å². The monoisotopic (exact) mass is 420 g/mol. The molecule has 0 bridgehead atoms. The van der Waals surface area contributed by atoms with Gasteiger partial charge in [-0.2, -0.15) is 13.2 Å². The summed E-state index contributed by atoms with van der Waals surface area (Å²) in [5.74, 6) is -1.82. The molecule has 0 fully saturated rings. The fraction of sp³-hybridized carbons (Fsp3) is 0.211. The van der Waals surface area contributed by atoms with Gasteiger partial charge in [0.05, 0.1) is 34.6 Å². The fourth-order valence-corrected chi connectivity index (χ4v) is 3.94. The van der Waals surface area contributed by atoms with E-state index in [-0.39, 0.29) is 17.1 Å². The number of rotatable bonds is 3. The van der Waals surface area contributed by atoms with Gasteiger partial charge in [-0.05, 0) is 24.3 Å². The zero-order valence-corrected chi connectivity index (χ0v) is 15.7. The van der Waals surface area contributed by atoms with Gasteiger partial charge in [0.15, 0.2) is 5.16 Å². The predicted molar refractivity (Wildman–Crippen MR) is 104 cm³/mol. The summed E-state index contributed by atoms with van der Waals surface area (Å²) in [7, 11) is 0. The Morgan fingerprint density at radius 1 is 1.17 bits per heavy atom. The number of hydrogen-bond donors (Lipinski definition) is 2. The molecule has 29 heavy (non-hydrogen) atoms. The molecule has 0 saturated heterocycles. The van der Waals surface area contributed by atoms with E-state index in [1.165, 1.54) is 18.2 Å². The summed E-state index contributed by atoms with van der Waals surface area (Å²) in [5, 5.41) is 2.87. The lowest BCUT2D eigenvalue weighted by Gasteiger charge is -2.31. The molecule has 10 heteroatoms. The summed E-state index contributed by atoms with van der Waals surface area (Å²) >= 11 is 1.01. The van der Waals surface area contributed by atoms with Crippen LogP contribution in [0.2, 0.25) is 0 Å². The largest absolute Gasteiger partial charge is 0.409 e. The smallest absolute Gasteiger partial charge is 0.333 e. The number of carbonyl (C=O) groups is 2. The number of aromatic nitrogens is 2. The Morgan fingerprint density at radius 2 is 1.90 bits per heavy atom. The van der Waals surface area contributed by atoms with Gasteiger partial charge < -0.3 is 10.3 Å². The van der Waals surface area contributed by atoms with Crippen molar-refractivity contribution in [1.29, 1.82) is 0 Å². The third-order valence-corrected chi connectivity index (χ3v) is 5.33. The van der Waals surface area contributed by atoms with E-state index in [2.05, 4.69) is 15.3 Å². The van der Waals surface area contributed by atoms with E-state index in [9.17, 15) is 22.8 Å². The maximum atomic E-state index is 13.7. The normalized spacial score (nSPS) is 17.0. The minimum absolute atomic E-state index is 0.0240. The highest BCUT2D eigenvalue weighted by Gasteiger charge is 2.48. The van der Waals surface area contributed by atoms with Crippen LogP contribution in [0.25, 0.3) is 11.0 Å². The maximum absolute atomic E-state index is 13.7. The first kappa shape index (κ1) is 19.3. The highest BCUT2D eigenvalue weighted by molar-refractivity contribution is 7.99. The molecule has 0 unspecified atom stereocenters. The Hall–Kier alpha value is -3.01. The van der Waals surface area contributed by atoms with Crippen LogP contribution in [0.5, 0.6) is 0 Å². The molecule has 6 nitrogen and oxygen atoms in total. The van der Waals surface area contributed by atoms with Crippen molar-refractivity contribution in [2.75, 3.05) is 16.0 Å². The molecule has 1 aliphatic rings. The number of alkyl halides is 3. The number of amides is 2. The molecule has 0 saturated carbocycles. The Bertz CT molecular complexity index is 1050. The number of anilines is 2. The van der Waals surface area contributed by atoms with Crippen molar-refractivity contribution >= 4 is 46.0 Å². The number of benzene rings is 2. The zero-order chi connectivity index (χ0) is 20.6. The number of thioether (sulfide) groups is 1. The molecule has 0 radical (unpaired) electrons. The number of hydrogen-bond acceptors (Lipinski definition) is 4. The summed E-state index contributed by atoms with van der Waals surface area (Å²) in [6.07, 6.45) is -5.62. The second-order valence-electron chi connectivity index (χ2n) is 6.44. The van der Waals surface area contributed by atoms with E-state index in [4.69, 9.17) is 0 Å². The van der Waals surface area contributed by atoms with Crippen molar-refractivity contribution < 1.29 is 22.8 Å². The first-order valence-corrected chi connectivity index (χ1v) is 9.66. The van der Waals surface area contributed by atoms with Gasteiger partial charge in [0.2, 0.25) is 11.8 Å². The number of para-hydroxylation sites is 4. The molecule has 1 atom stereocenters. The molecule has 0 aliphatic carbocycles. The molecule has 2 aromatic carbocycles. The van der Waals surface area contributed by atoms with Crippen LogP contribution in [0.3, 0.4) is 0 Å². The molecule has 4 rings (SSSR count). The molecule has 3 aromatic rings. The summed E-state index contributed by atoms with van der Waals surface area (Å²) < 4.78 is 41.1. The van der Waals surface area contributed by atoms with Crippen LogP contribution in [0, 0.1) is 0 Å². The third-order valence-electron chi connectivity index (χ3n) is 4.47. The Balaban J connectivity index is 1.63. The van der Waals surface area contributed by atoms with Gasteiger partial charge in [-0.15, -0.1) is 0 Å². The zero-order valence-electron chi connectivity index (χ0n) is 14.9. The van der Waals surface area contributed by atoms with Crippen LogP contribution in [0.1, 0.15) is 6.42 Å². The SMILES string of the molecule is O=C1C[C@H](C(F)(F)F)N(C(=O)CSc2nc3ccccc3[nH]2)c2ccccc2N1. The van der Waals surface area contributed by atoms with Crippen LogP contribution in [-0.2, 0) is 9.59 Å². The molecule has 150 valence electrons. The first-order valence-electron chi connectivity index (χ1n) is 8.68. The lowest BCUT2D eigenvalue weighted by Crippen LogP contribution is -2.50. The quantitative estimate of drug-likeness (QED) is 0.629. The number of imidazole rings is 1. The highest BCUT2D eigenvalue weighted by Crippen LogP contribution is 2.38. The minimum Gasteiger partial charge on any atom is -0.333 e. The van der Waals surface area contributed by atoms with Crippen molar-refractivity contribution in [3.8, 4) is 0 Å². The Kier molecular flexibility index (Phi) is 4.95. The molecular formula is C19H15F3N4O2S. The summed E-state index contributed by atoms with van der Waals surface area (Å²) in [5.41, 5.74) is 1.67. The minimum atomic E-state index is -4.76. The summed E-state index contributed by atoms with van der Waals surface area (Å²) in [6.45, 7) is 0. The van der Waals surface area contributed by atoms with Crippen LogP contribution >= 0.6 is 11.8 Å². The average molecular weight is 420 g/mol. The van der Waals surface area contributed by atoms with E-state index >= 15 is 0 Å². The van der Waals surface area contributed by atoms with Crippen molar-refractivity contribution in [1.82, 2.24) is 9.97 Å². The number of nitrogens with one attached hydrogen (secondary N) is 2. The fourth-order valence-electron chi connectivity index (χ4n) is 3.19. The highest BCUT2D eigenvalue weighted by atomic mass is 32.2. The molecule has 2 N–H and O–H groups in total. The summed E-state index contributed by atoms with van der Waals surface area (Å²) in [6, 6.07) is 11.0. The number of carbonyl (C=O) groups excluding carboxylic acids is 2. The second-order valence-corrected chi connectivity index (χ2v) is 7.40. The molecule has 2 heterocycles. The second kappa shape index (κ2) is 7.43. The van der Waals surface area contributed by atoms with Gasteiger partial charge in [0.25, 0.3) is 0 Å². The number of nitrogens with zero attached hydrogens (tertiary/aromatic N) is 2. The van der Waals surface area contributed by atoms with Crippen LogP contribution < -0.4 is 10.2 Å². The topological polar surface area (TPSA) is 78.1 Å². The molecule has 1 aromatic heterocycles. The molecule has 2 amide bonds. The average Bonchev–Trinajstić information content (AvgIpc) is 3.02. The third kappa shape index (κ3) is 3.93. The van der Waals surface area contributed by atoms with Crippen molar-refractivity contribution in [3.05, 3.63) is 48.5 Å². The van der Waals surface area contributed by atoms with Gasteiger partial charge in [-0.1, -0.05) is 36.0 Å². The van der Waals surface area contributed by atoms with Crippen LogP contribution in [0.4, 0.5) is 24.5 Å². The van der Waals surface area contributed by atoms with E-state index < -0.39 is 30.5 Å². The van der Waals surface area contributed by atoms with Gasteiger partial charge in [0.1, 0.15) is 6.04 Å². The number of halogens is 3. The lowest BCUT2D eigenvalue weighted by atomic mass is 10.1. The van der Waals surface area contributed by atoms with Crippen LogP contribution in [-0.4, -0.2) is 39.8 Å². The van der Waals surface area contributed by atoms with Crippen LogP contribution in [0.15, 0.2) is 53.7 Å². The van der Waals surface area contributed by atoms with E-state index in [1.54, 1.807) is 12.1 Å².